The normalized spacial score (nSPS) is 16.5. The van der Waals surface area contributed by atoms with Crippen LogP contribution in [-0.2, 0) is 0 Å². The molecule has 78 valence electrons. The molecule has 1 nitrogen and oxygen atoms in total. The summed E-state index contributed by atoms with van der Waals surface area (Å²) < 4.78 is 0. The fourth-order valence-electron chi connectivity index (χ4n) is 1.30. The summed E-state index contributed by atoms with van der Waals surface area (Å²) in [6.45, 7) is 13.2. The van der Waals surface area contributed by atoms with E-state index in [1.165, 1.54) is 5.71 Å². The summed E-state index contributed by atoms with van der Waals surface area (Å²) in [4.78, 5) is 4.71. The smallest absolute Gasteiger partial charge is 0.0443 e. The average molecular weight is 201 g/mol. The summed E-state index contributed by atoms with van der Waals surface area (Å²) in [6, 6.07) is 0.406. The lowest BCUT2D eigenvalue weighted by atomic mass is 9.88. The largest absolute Gasteiger partial charge is 0.290 e. The van der Waals surface area contributed by atoms with Crippen LogP contribution in [0.5, 0.6) is 0 Å². The predicted molar refractivity (Wildman–Crippen MR) is 65.0 cm³/mol. The van der Waals surface area contributed by atoms with Gasteiger partial charge in [-0.1, -0.05) is 20.8 Å². The summed E-state index contributed by atoms with van der Waals surface area (Å²) in [7, 11) is 0. The maximum atomic E-state index is 4.71. The molecule has 0 aliphatic carbocycles. The van der Waals surface area contributed by atoms with Crippen molar-refractivity contribution in [2.24, 2.45) is 10.4 Å². The number of hydrogen-bond donors (Lipinski definition) is 0. The van der Waals surface area contributed by atoms with E-state index in [0.717, 1.165) is 0 Å². The highest BCUT2D eigenvalue weighted by molar-refractivity contribution is 7.99. The second-order valence-electron chi connectivity index (χ2n) is 4.74. The van der Waals surface area contributed by atoms with Crippen molar-refractivity contribution in [1.82, 2.24) is 0 Å². The molecule has 0 aromatic carbocycles. The van der Waals surface area contributed by atoms with Gasteiger partial charge in [-0.3, -0.25) is 4.99 Å². The third kappa shape index (κ3) is 4.70. The van der Waals surface area contributed by atoms with Crippen LogP contribution in [0.4, 0.5) is 0 Å². The zero-order valence-corrected chi connectivity index (χ0v) is 10.8. The van der Waals surface area contributed by atoms with Crippen LogP contribution in [0.2, 0.25) is 0 Å². The first kappa shape index (κ1) is 13.0. The van der Waals surface area contributed by atoms with Gasteiger partial charge in [0.2, 0.25) is 0 Å². The maximum Gasteiger partial charge on any atom is 0.0443 e. The molecule has 1 atom stereocenters. The Balaban J connectivity index is 4.76. The molecule has 0 amide bonds. The maximum absolute atomic E-state index is 4.71. The highest BCUT2D eigenvalue weighted by atomic mass is 32.2. The molecule has 0 fully saturated rings. The zero-order valence-electron chi connectivity index (χ0n) is 10.0. The topological polar surface area (TPSA) is 12.4 Å². The van der Waals surface area contributed by atoms with Crippen LogP contribution in [0.3, 0.4) is 0 Å². The highest BCUT2D eigenvalue weighted by Crippen LogP contribution is 2.24. The second kappa shape index (κ2) is 5.04. The van der Waals surface area contributed by atoms with Crippen LogP contribution in [0, 0.1) is 5.41 Å². The molecule has 0 saturated heterocycles. The minimum Gasteiger partial charge on any atom is -0.290 e. The number of thioether (sulfide) groups is 1. The minimum absolute atomic E-state index is 0.201. The van der Waals surface area contributed by atoms with Gasteiger partial charge < -0.3 is 0 Å². The molecule has 0 heterocycles. The summed E-state index contributed by atoms with van der Waals surface area (Å²) in [6.07, 6.45) is 2.15. The first-order chi connectivity index (χ1) is 5.79. The SMILES string of the molecule is CSC(C)/C(=N/C(C)C)C(C)(C)C. The molecule has 1 unspecified atom stereocenters. The Morgan fingerprint density at radius 2 is 1.62 bits per heavy atom. The summed E-state index contributed by atoms with van der Waals surface area (Å²) >= 11 is 1.87. The van der Waals surface area contributed by atoms with Crippen molar-refractivity contribution >= 4 is 17.5 Å². The number of hydrogen-bond acceptors (Lipinski definition) is 2. The molecule has 0 saturated carbocycles. The molecule has 2 heteroatoms. The molecule has 0 aliphatic heterocycles. The molecule has 0 spiro atoms. The van der Waals surface area contributed by atoms with Crippen molar-refractivity contribution in [2.45, 2.75) is 52.8 Å². The van der Waals surface area contributed by atoms with E-state index in [9.17, 15) is 0 Å². The Bertz CT molecular complexity index is 177. The first-order valence-electron chi connectivity index (χ1n) is 4.90. The monoisotopic (exact) mass is 201 g/mol. The third-order valence-corrected chi connectivity index (χ3v) is 2.83. The average Bonchev–Trinajstić information content (AvgIpc) is 1.96. The Hall–Kier alpha value is 0.0200. The van der Waals surface area contributed by atoms with Crippen LogP contribution in [0.25, 0.3) is 0 Å². The van der Waals surface area contributed by atoms with Crippen LogP contribution >= 0.6 is 11.8 Å². The minimum atomic E-state index is 0.201. The van der Waals surface area contributed by atoms with Gasteiger partial charge in [-0.2, -0.15) is 11.8 Å². The fourth-order valence-corrected chi connectivity index (χ4v) is 1.94. The van der Waals surface area contributed by atoms with Gasteiger partial charge >= 0.3 is 0 Å². The zero-order chi connectivity index (χ0) is 10.6. The molecule has 0 bridgehead atoms. The second-order valence-corrected chi connectivity index (χ2v) is 5.91. The molecule has 0 radical (unpaired) electrons. The highest BCUT2D eigenvalue weighted by Gasteiger charge is 2.23. The van der Waals surface area contributed by atoms with Crippen molar-refractivity contribution < 1.29 is 0 Å². The van der Waals surface area contributed by atoms with E-state index in [2.05, 4.69) is 47.8 Å². The van der Waals surface area contributed by atoms with E-state index in [4.69, 9.17) is 4.99 Å². The Kier molecular flexibility index (Phi) is 5.05. The number of aliphatic imine (C=N–C) groups is 1. The van der Waals surface area contributed by atoms with E-state index in [-0.39, 0.29) is 5.41 Å². The lowest BCUT2D eigenvalue weighted by Crippen LogP contribution is -2.29. The Morgan fingerprint density at radius 3 is 1.85 bits per heavy atom. The third-order valence-electron chi connectivity index (χ3n) is 1.90. The number of nitrogens with zero attached hydrogens (tertiary/aromatic N) is 1. The van der Waals surface area contributed by atoms with Gasteiger partial charge in [-0.15, -0.1) is 0 Å². The predicted octanol–water partition coefficient (Wildman–Crippen LogP) is 3.63. The standard InChI is InChI=1S/C11H23NS/c1-8(2)12-10(9(3)13-7)11(4,5)6/h8-9H,1-7H3/b12-10-. The molecular formula is C11H23NS. The quantitative estimate of drug-likeness (QED) is 0.635. The van der Waals surface area contributed by atoms with Gasteiger partial charge in [0.1, 0.15) is 0 Å². The molecule has 0 aliphatic rings. The molecule has 13 heavy (non-hydrogen) atoms. The van der Waals surface area contributed by atoms with Gasteiger partial charge in [0.25, 0.3) is 0 Å². The van der Waals surface area contributed by atoms with E-state index < -0.39 is 0 Å². The molecular weight excluding hydrogens is 178 g/mol. The van der Waals surface area contributed by atoms with Gasteiger partial charge in [0, 0.05) is 22.4 Å². The van der Waals surface area contributed by atoms with Gasteiger partial charge in [-0.25, -0.2) is 0 Å². The summed E-state index contributed by atoms with van der Waals surface area (Å²) in [5.41, 5.74) is 1.53. The van der Waals surface area contributed by atoms with Gasteiger partial charge in [0.15, 0.2) is 0 Å². The van der Waals surface area contributed by atoms with Crippen molar-refractivity contribution in [2.75, 3.05) is 6.26 Å². The van der Waals surface area contributed by atoms with Crippen LogP contribution in [-0.4, -0.2) is 23.3 Å². The van der Waals surface area contributed by atoms with Crippen LogP contribution < -0.4 is 0 Å². The lowest BCUT2D eigenvalue weighted by Gasteiger charge is -2.26. The summed E-state index contributed by atoms with van der Waals surface area (Å²) in [5, 5.41) is 0.530. The van der Waals surface area contributed by atoms with Gasteiger partial charge in [-0.05, 0) is 27.0 Å². The van der Waals surface area contributed by atoms with Crippen molar-refractivity contribution in [3.05, 3.63) is 0 Å². The Labute approximate surface area is 87.4 Å². The molecule has 0 aromatic rings. The number of rotatable bonds is 3. The van der Waals surface area contributed by atoms with Crippen LogP contribution in [0.15, 0.2) is 4.99 Å². The fraction of sp³-hybridized carbons (Fsp3) is 0.909. The van der Waals surface area contributed by atoms with E-state index in [1.54, 1.807) is 0 Å². The summed E-state index contributed by atoms with van der Waals surface area (Å²) in [5.74, 6) is 0. The van der Waals surface area contributed by atoms with Crippen molar-refractivity contribution in [3.63, 3.8) is 0 Å². The van der Waals surface area contributed by atoms with E-state index in [1.807, 2.05) is 11.8 Å². The lowest BCUT2D eigenvalue weighted by molar-refractivity contribution is 0.573. The molecule has 0 rings (SSSR count). The van der Waals surface area contributed by atoms with Gasteiger partial charge in [0.05, 0.1) is 0 Å². The molecule has 0 N–H and O–H groups in total. The van der Waals surface area contributed by atoms with E-state index in [0.29, 0.717) is 11.3 Å². The molecule has 0 aromatic heterocycles. The first-order valence-corrected chi connectivity index (χ1v) is 6.18. The van der Waals surface area contributed by atoms with Crippen LogP contribution in [0.1, 0.15) is 41.5 Å². The van der Waals surface area contributed by atoms with Crippen molar-refractivity contribution in [3.8, 4) is 0 Å². The van der Waals surface area contributed by atoms with Crippen molar-refractivity contribution in [1.29, 1.82) is 0 Å². The Morgan fingerprint density at radius 1 is 1.15 bits per heavy atom. The van der Waals surface area contributed by atoms with E-state index >= 15 is 0 Å².